The Labute approximate surface area is 126 Å². The molecule has 0 unspecified atom stereocenters. The fourth-order valence-corrected chi connectivity index (χ4v) is 2.38. The van der Waals surface area contributed by atoms with E-state index in [1.807, 2.05) is 16.7 Å². The number of aromatic nitrogens is 1. The summed E-state index contributed by atoms with van der Waals surface area (Å²) in [5, 5.41) is 4.70. The van der Waals surface area contributed by atoms with E-state index in [1.54, 1.807) is 19.0 Å². The number of para-hydroxylation sites is 1. The molecule has 0 aliphatic heterocycles. The minimum absolute atomic E-state index is 0.109. The highest BCUT2D eigenvalue weighted by Gasteiger charge is 2.11. The number of benzene rings is 1. The van der Waals surface area contributed by atoms with E-state index in [0.717, 1.165) is 18.6 Å². The second-order valence-corrected chi connectivity index (χ2v) is 6.11. The molecule has 4 heteroatoms. The van der Waals surface area contributed by atoms with Gasteiger partial charge in [0.05, 0.1) is 0 Å². The third-order valence-electron chi connectivity index (χ3n) is 3.54. The summed E-state index contributed by atoms with van der Waals surface area (Å²) in [7, 11) is 3.58. The Balaban J connectivity index is 2.24. The molecule has 0 saturated carbocycles. The van der Waals surface area contributed by atoms with E-state index in [-0.39, 0.29) is 5.91 Å². The van der Waals surface area contributed by atoms with Crippen LogP contribution in [0.3, 0.4) is 0 Å². The lowest BCUT2D eigenvalue weighted by Gasteiger charge is -2.11. The van der Waals surface area contributed by atoms with Crippen LogP contribution in [0.1, 0.15) is 19.4 Å². The van der Waals surface area contributed by atoms with Crippen LogP contribution in [0.2, 0.25) is 0 Å². The molecule has 1 aromatic heterocycles. The fraction of sp³-hybridized carbons (Fsp3) is 0.471. The van der Waals surface area contributed by atoms with Gasteiger partial charge in [-0.05, 0) is 24.1 Å². The minimum atomic E-state index is 0.109. The van der Waals surface area contributed by atoms with Crippen molar-refractivity contribution in [3.8, 4) is 0 Å². The Morgan fingerprint density at radius 3 is 2.67 bits per heavy atom. The summed E-state index contributed by atoms with van der Waals surface area (Å²) in [6.07, 6.45) is 2.10. The van der Waals surface area contributed by atoms with Crippen molar-refractivity contribution in [2.24, 2.45) is 5.92 Å². The minimum Gasteiger partial charge on any atom is -0.347 e. The Morgan fingerprint density at radius 2 is 2.00 bits per heavy atom. The van der Waals surface area contributed by atoms with Crippen molar-refractivity contribution in [1.29, 1.82) is 0 Å². The highest BCUT2D eigenvalue weighted by atomic mass is 16.2. The van der Waals surface area contributed by atoms with Crippen LogP contribution in [0.5, 0.6) is 0 Å². The number of carbonyl (C=O) groups excluding carboxylic acids is 1. The molecule has 1 heterocycles. The molecular formula is C17H25N3O. The van der Waals surface area contributed by atoms with Crippen LogP contribution in [0, 0.1) is 5.92 Å². The van der Waals surface area contributed by atoms with Crippen molar-refractivity contribution in [3.05, 3.63) is 36.0 Å². The van der Waals surface area contributed by atoms with Crippen molar-refractivity contribution < 1.29 is 4.79 Å². The van der Waals surface area contributed by atoms with Crippen molar-refractivity contribution in [2.75, 3.05) is 20.6 Å². The second-order valence-electron chi connectivity index (χ2n) is 6.11. The SMILES string of the molecule is CC(C)CNCc1cn(CC(=O)N(C)C)c2ccccc12. The number of hydrogen-bond donors (Lipinski definition) is 1. The van der Waals surface area contributed by atoms with Gasteiger partial charge in [0.15, 0.2) is 0 Å². The lowest BCUT2D eigenvalue weighted by atomic mass is 10.1. The Bertz CT molecular complexity index is 614. The summed E-state index contributed by atoms with van der Waals surface area (Å²) in [6.45, 7) is 6.62. The third-order valence-corrected chi connectivity index (χ3v) is 3.54. The van der Waals surface area contributed by atoms with Gasteiger partial charge in [0.2, 0.25) is 5.91 Å². The van der Waals surface area contributed by atoms with Crippen LogP contribution >= 0.6 is 0 Å². The van der Waals surface area contributed by atoms with E-state index in [9.17, 15) is 4.79 Å². The van der Waals surface area contributed by atoms with Gasteiger partial charge in [-0.1, -0.05) is 32.0 Å². The quantitative estimate of drug-likeness (QED) is 0.886. The van der Waals surface area contributed by atoms with E-state index in [1.165, 1.54) is 10.9 Å². The maximum atomic E-state index is 12.0. The average molecular weight is 287 g/mol. The molecule has 1 N–H and O–H groups in total. The molecule has 1 aromatic carbocycles. The van der Waals surface area contributed by atoms with Crippen molar-refractivity contribution >= 4 is 16.8 Å². The first-order valence-electron chi connectivity index (χ1n) is 7.46. The predicted molar refractivity (Wildman–Crippen MR) is 87.2 cm³/mol. The van der Waals surface area contributed by atoms with Gasteiger partial charge in [-0.2, -0.15) is 0 Å². The van der Waals surface area contributed by atoms with Crippen LogP contribution in [-0.4, -0.2) is 36.0 Å². The molecule has 0 bridgehead atoms. The molecule has 1 amide bonds. The average Bonchev–Trinajstić information content (AvgIpc) is 2.77. The highest BCUT2D eigenvalue weighted by molar-refractivity contribution is 5.86. The summed E-state index contributed by atoms with van der Waals surface area (Å²) < 4.78 is 2.05. The van der Waals surface area contributed by atoms with Gasteiger partial charge in [-0.15, -0.1) is 0 Å². The van der Waals surface area contributed by atoms with E-state index < -0.39 is 0 Å². The predicted octanol–water partition coefficient (Wildman–Crippen LogP) is 2.48. The standard InChI is InChI=1S/C17H25N3O/c1-13(2)9-18-10-14-11-20(12-17(21)19(3)4)16-8-6-5-7-15(14)16/h5-8,11,13,18H,9-10,12H2,1-4H3. The summed E-state index contributed by atoms with van der Waals surface area (Å²) in [6, 6.07) is 8.26. The Hall–Kier alpha value is -1.81. The lowest BCUT2D eigenvalue weighted by Crippen LogP contribution is -2.26. The van der Waals surface area contributed by atoms with Crippen LogP contribution < -0.4 is 5.32 Å². The molecule has 4 nitrogen and oxygen atoms in total. The first-order chi connectivity index (χ1) is 9.99. The maximum Gasteiger partial charge on any atom is 0.241 e. The Kier molecular flexibility index (Phi) is 5.02. The molecule has 21 heavy (non-hydrogen) atoms. The smallest absolute Gasteiger partial charge is 0.241 e. The monoisotopic (exact) mass is 287 g/mol. The van der Waals surface area contributed by atoms with Gasteiger partial charge in [0.25, 0.3) is 0 Å². The maximum absolute atomic E-state index is 12.0. The van der Waals surface area contributed by atoms with Gasteiger partial charge in [0, 0.05) is 37.7 Å². The molecule has 2 rings (SSSR count). The summed E-state index contributed by atoms with van der Waals surface area (Å²) >= 11 is 0. The highest BCUT2D eigenvalue weighted by Crippen LogP contribution is 2.21. The van der Waals surface area contributed by atoms with Crippen LogP contribution in [-0.2, 0) is 17.9 Å². The summed E-state index contributed by atoms with van der Waals surface area (Å²) in [5.41, 5.74) is 2.37. The number of fused-ring (bicyclic) bond motifs is 1. The molecule has 0 spiro atoms. The largest absolute Gasteiger partial charge is 0.347 e. The number of nitrogens with zero attached hydrogens (tertiary/aromatic N) is 2. The van der Waals surface area contributed by atoms with E-state index in [2.05, 4.69) is 37.5 Å². The van der Waals surface area contributed by atoms with Crippen LogP contribution in [0.25, 0.3) is 10.9 Å². The lowest BCUT2D eigenvalue weighted by molar-refractivity contribution is -0.129. The molecule has 0 radical (unpaired) electrons. The van der Waals surface area contributed by atoms with E-state index >= 15 is 0 Å². The van der Waals surface area contributed by atoms with Gasteiger partial charge in [-0.25, -0.2) is 0 Å². The molecule has 2 aromatic rings. The first kappa shape index (κ1) is 15.6. The summed E-state index contributed by atoms with van der Waals surface area (Å²) in [5.74, 6) is 0.742. The van der Waals surface area contributed by atoms with Crippen molar-refractivity contribution in [2.45, 2.75) is 26.9 Å². The number of nitrogens with one attached hydrogen (secondary N) is 1. The van der Waals surface area contributed by atoms with Gasteiger partial charge in [-0.3, -0.25) is 4.79 Å². The Morgan fingerprint density at radius 1 is 1.29 bits per heavy atom. The number of likely N-dealkylation sites (N-methyl/N-ethyl adjacent to an activating group) is 1. The van der Waals surface area contributed by atoms with Crippen LogP contribution in [0.15, 0.2) is 30.5 Å². The zero-order valence-electron chi connectivity index (χ0n) is 13.4. The molecule has 0 aliphatic carbocycles. The number of rotatable bonds is 6. The van der Waals surface area contributed by atoms with Gasteiger partial charge >= 0.3 is 0 Å². The number of carbonyl (C=O) groups is 1. The summed E-state index contributed by atoms with van der Waals surface area (Å²) in [4.78, 5) is 13.6. The molecule has 0 atom stereocenters. The van der Waals surface area contributed by atoms with Crippen molar-refractivity contribution in [1.82, 2.24) is 14.8 Å². The van der Waals surface area contributed by atoms with Crippen LogP contribution in [0.4, 0.5) is 0 Å². The fourth-order valence-electron chi connectivity index (χ4n) is 2.38. The van der Waals surface area contributed by atoms with E-state index in [0.29, 0.717) is 12.5 Å². The molecule has 0 saturated heterocycles. The molecule has 0 fully saturated rings. The zero-order chi connectivity index (χ0) is 15.4. The second kappa shape index (κ2) is 6.76. The van der Waals surface area contributed by atoms with Gasteiger partial charge < -0.3 is 14.8 Å². The van der Waals surface area contributed by atoms with Crippen molar-refractivity contribution in [3.63, 3.8) is 0 Å². The number of amides is 1. The molecule has 0 aliphatic rings. The van der Waals surface area contributed by atoms with E-state index in [4.69, 9.17) is 0 Å². The number of hydrogen-bond acceptors (Lipinski definition) is 2. The van der Waals surface area contributed by atoms with Gasteiger partial charge in [0.1, 0.15) is 6.54 Å². The topological polar surface area (TPSA) is 37.3 Å². The first-order valence-corrected chi connectivity index (χ1v) is 7.46. The normalized spacial score (nSPS) is 11.3. The molecular weight excluding hydrogens is 262 g/mol. The third kappa shape index (κ3) is 3.85. The molecule has 114 valence electrons. The zero-order valence-corrected chi connectivity index (χ0v) is 13.4.